The first-order valence-electron chi connectivity index (χ1n) is 5.05. The standard InChI is InChI=1S/C9H19N3O2/c1-3-14-9(13)11-6-8-7-12(2)5-4-10-8/h8,10H,3-7H2,1-2H3,(H,11,13). The predicted octanol–water partition coefficient (Wildman–Crippen LogP) is -0.364. The minimum Gasteiger partial charge on any atom is -0.450 e. The van der Waals surface area contributed by atoms with Crippen molar-refractivity contribution < 1.29 is 9.53 Å². The van der Waals surface area contributed by atoms with E-state index in [4.69, 9.17) is 4.74 Å². The predicted molar refractivity (Wildman–Crippen MR) is 54.3 cm³/mol. The first-order chi connectivity index (χ1) is 6.72. The number of likely N-dealkylation sites (N-methyl/N-ethyl adjacent to an activating group) is 1. The number of hydrogen-bond donors (Lipinski definition) is 2. The Morgan fingerprint density at radius 2 is 2.50 bits per heavy atom. The molecule has 82 valence electrons. The maximum atomic E-state index is 11.0. The summed E-state index contributed by atoms with van der Waals surface area (Å²) in [7, 11) is 2.08. The Hall–Kier alpha value is -0.810. The van der Waals surface area contributed by atoms with Gasteiger partial charge in [0.15, 0.2) is 0 Å². The van der Waals surface area contributed by atoms with Crippen LogP contribution in [0.1, 0.15) is 6.92 Å². The molecule has 1 heterocycles. The number of carbonyl (C=O) groups excluding carboxylic acids is 1. The van der Waals surface area contributed by atoms with Crippen LogP contribution in [-0.4, -0.2) is 56.9 Å². The van der Waals surface area contributed by atoms with E-state index in [-0.39, 0.29) is 6.09 Å². The van der Waals surface area contributed by atoms with Gasteiger partial charge in [-0.05, 0) is 14.0 Å². The molecule has 0 bridgehead atoms. The number of piperazine rings is 1. The molecule has 2 N–H and O–H groups in total. The first kappa shape index (κ1) is 11.3. The fourth-order valence-corrected chi connectivity index (χ4v) is 1.52. The second-order valence-electron chi connectivity index (χ2n) is 3.51. The van der Waals surface area contributed by atoms with Crippen LogP contribution in [0.3, 0.4) is 0 Å². The molecule has 1 amide bonds. The Balaban J connectivity index is 2.14. The Labute approximate surface area is 84.8 Å². The second-order valence-corrected chi connectivity index (χ2v) is 3.51. The van der Waals surface area contributed by atoms with Crippen LogP contribution < -0.4 is 10.6 Å². The van der Waals surface area contributed by atoms with E-state index in [0.717, 1.165) is 19.6 Å². The molecular formula is C9H19N3O2. The third kappa shape index (κ3) is 3.93. The molecule has 0 aliphatic carbocycles. The molecule has 0 aromatic heterocycles. The molecule has 1 unspecified atom stereocenters. The zero-order valence-corrected chi connectivity index (χ0v) is 8.88. The molecule has 1 aliphatic rings. The van der Waals surface area contributed by atoms with Crippen LogP contribution in [0.5, 0.6) is 0 Å². The van der Waals surface area contributed by atoms with Crippen molar-refractivity contribution in [2.45, 2.75) is 13.0 Å². The van der Waals surface area contributed by atoms with Crippen molar-refractivity contribution >= 4 is 6.09 Å². The van der Waals surface area contributed by atoms with Crippen molar-refractivity contribution in [3.8, 4) is 0 Å². The molecule has 0 spiro atoms. The van der Waals surface area contributed by atoms with E-state index < -0.39 is 0 Å². The summed E-state index contributed by atoms with van der Waals surface area (Å²) in [5, 5.41) is 6.06. The molecule has 1 fully saturated rings. The van der Waals surface area contributed by atoms with E-state index in [1.807, 2.05) is 0 Å². The maximum Gasteiger partial charge on any atom is 0.407 e. The molecule has 1 atom stereocenters. The highest BCUT2D eigenvalue weighted by Gasteiger charge is 2.16. The van der Waals surface area contributed by atoms with E-state index in [9.17, 15) is 4.79 Å². The Morgan fingerprint density at radius 3 is 3.14 bits per heavy atom. The van der Waals surface area contributed by atoms with Gasteiger partial charge in [0.05, 0.1) is 6.61 Å². The number of hydrogen-bond acceptors (Lipinski definition) is 4. The van der Waals surface area contributed by atoms with Gasteiger partial charge in [-0.1, -0.05) is 0 Å². The van der Waals surface area contributed by atoms with Gasteiger partial charge < -0.3 is 20.3 Å². The van der Waals surface area contributed by atoms with Crippen LogP contribution in [0.4, 0.5) is 4.79 Å². The van der Waals surface area contributed by atoms with Gasteiger partial charge in [-0.2, -0.15) is 0 Å². The van der Waals surface area contributed by atoms with Crippen LogP contribution >= 0.6 is 0 Å². The van der Waals surface area contributed by atoms with Crippen molar-refractivity contribution in [3.63, 3.8) is 0 Å². The third-order valence-corrected chi connectivity index (χ3v) is 2.23. The number of ether oxygens (including phenoxy) is 1. The lowest BCUT2D eigenvalue weighted by Gasteiger charge is -2.30. The topological polar surface area (TPSA) is 53.6 Å². The number of carbonyl (C=O) groups is 1. The van der Waals surface area contributed by atoms with Crippen LogP contribution in [0.15, 0.2) is 0 Å². The zero-order valence-electron chi connectivity index (χ0n) is 8.88. The fourth-order valence-electron chi connectivity index (χ4n) is 1.52. The molecule has 0 aromatic rings. The quantitative estimate of drug-likeness (QED) is 0.654. The van der Waals surface area contributed by atoms with E-state index in [1.165, 1.54) is 0 Å². The van der Waals surface area contributed by atoms with Crippen molar-refractivity contribution in [3.05, 3.63) is 0 Å². The molecule has 14 heavy (non-hydrogen) atoms. The molecule has 1 rings (SSSR count). The van der Waals surface area contributed by atoms with Gasteiger partial charge >= 0.3 is 6.09 Å². The Bertz CT molecular complexity index is 187. The average Bonchev–Trinajstić information content (AvgIpc) is 2.15. The van der Waals surface area contributed by atoms with Gasteiger partial charge in [0, 0.05) is 32.2 Å². The molecule has 0 aromatic carbocycles. The van der Waals surface area contributed by atoms with Gasteiger partial charge in [-0.15, -0.1) is 0 Å². The minimum absolute atomic E-state index is 0.331. The van der Waals surface area contributed by atoms with Crippen molar-refractivity contribution in [2.75, 3.05) is 39.8 Å². The molecule has 1 saturated heterocycles. The van der Waals surface area contributed by atoms with E-state index in [0.29, 0.717) is 19.2 Å². The van der Waals surface area contributed by atoms with Crippen LogP contribution in [0, 0.1) is 0 Å². The highest BCUT2D eigenvalue weighted by Crippen LogP contribution is 1.94. The highest BCUT2D eigenvalue weighted by molar-refractivity contribution is 5.67. The number of nitrogens with one attached hydrogen (secondary N) is 2. The van der Waals surface area contributed by atoms with Crippen molar-refractivity contribution in [1.82, 2.24) is 15.5 Å². The molecule has 5 nitrogen and oxygen atoms in total. The first-order valence-corrected chi connectivity index (χ1v) is 5.05. The zero-order chi connectivity index (χ0) is 10.4. The Morgan fingerprint density at radius 1 is 1.71 bits per heavy atom. The summed E-state index contributed by atoms with van der Waals surface area (Å²) in [4.78, 5) is 13.2. The van der Waals surface area contributed by atoms with Crippen molar-refractivity contribution in [1.29, 1.82) is 0 Å². The number of alkyl carbamates (subject to hydrolysis) is 1. The van der Waals surface area contributed by atoms with Gasteiger partial charge in [0.1, 0.15) is 0 Å². The maximum absolute atomic E-state index is 11.0. The van der Waals surface area contributed by atoms with Crippen LogP contribution in [0.25, 0.3) is 0 Å². The van der Waals surface area contributed by atoms with Gasteiger partial charge in [-0.3, -0.25) is 0 Å². The number of amides is 1. The molecule has 5 heteroatoms. The molecular weight excluding hydrogens is 182 g/mol. The molecule has 1 aliphatic heterocycles. The minimum atomic E-state index is -0.331. The number of rotatable bonds is 3. The second kappa shape index (κ2) is 5.82. The Kier molecular flexibility index (Phi) is 4.69. The third-order valence-electron chi connectivity index (χ3n) is 2.23. The van der Waals surface area contributed by atoms with E-state index >= 15 is 0 Å². The lowest BCUT2D eigenvalue weighted by molar-refractivity contribution is 0.148. The SMILES string of the molecule is CCOC(=O)NCC1CN(C)CCN1. The van der Waals surface area contributed by atoms with Gasteiger partial charge in [0.25, 0.3) is 0 Å². The normalized spacial score (nSPS) is 23.1. The summed E-state index contributed by atoms with van der Waals surface area (Å²) in [6.07, 6.45) is -0.331. The monoisotopic (exact) mass is 201 g/mol. The van der Waals surface area contributed by atoms with Crippen LogP contribution in [0.2, 0.25) is 0 Å². The summed E-state index contributed by atoms with van der Waals surface area (Å²) in [6.45, 7) is 5.85. The molecule has 0 radical (unpaired) electrons. The summed E-state index contributed by atoms with van der Waals surface area (Å²) in [5.74, 6) is 0. The van der Waals surface area contributed by atoms with Gasteiger partial charge in [-0.25, -0.2) is 4.79 Å². The van der Waals surface area contributed by atoms with Crippen LogP contribution in [-0.2, 0) is 4.74 Å². The van der Waals surface area contributed by atoms with Crippen molar-refractivity contribution in [2.24, 2.45) is 0 Å². The largest absolute Gasteiger partial charge is 0.450 e. The average molecular weight is 201 g/mol. The van der Waals surface area contributed by atoms with E-state index in [1.54, 1.807) is 6.92 Å². The number of nitrogens with zero attached hydrogens (tertiary/aromatic N) is 1. The lowest BCUT2D eigenvalue weighted by atomic mass is 10.2. The lowest BCUT2D eigenvalue weighted by Crippen LogP contribution is -2.53. The molecule has 0 saturated carbocycles. The summed E-state index contributed by atoms with van der Waals surface area (Å²) >= 11 is 0. The smallest absolute Gasteiger partial charge is 0.407 e. The van der Waals surface area contributed by atoms with Gasteiger partial charge in [0.2, 0.25) is 0 Å². The fraction of sp³-hybridized carbons (Fsp3) is 0.889. The summed E-state index contributed by atoms with van der Waals surface area (Å²) < 4.78 is 4.77. The van der Waals surface area contributed by atoms with E-state index in [2.05, 4.69) is 22.6 Å². The summed E-state index contributed by atoms with van der Waals surface area (Å²) in [6, 6.07) is 0.332. The summed E-state index contributed by atoms with van der Waals surface area (Å²) in [5.41, 5.74) is 0. The highest BCUT2D eigenvalue weighted by atomic mass is 16.5.